The highest BCUT2D eigenvalue weighted by Crippen LogP contribution is 2.07. The molecular formula is C14H24O2. The number of hydrogen-bond donors (Lipinski definition) is 0. The first kappa shape index (κ1) is 14.9. The van der Waals surface area contributed by atoms with Gasteiger partial charge in [0.25, 0.3) is 0 Å². The molecule has 0 heterocycles. The van der Waals surface area contributed by atoms with Crippen molar-refractivity contribution in [3.8, 4) is 0 Å². The van der Waals surface area contributed by atoms with Crippen LogP contribution in [-0.2, 0) is 9.53 Å². The number of esters is 1. The van der Waals surface area contributed by atoms with E-state index < -0.39 is 0 Å². The molecular weight excluding hydrogens is 200 g/mol. The van der Waals surface area contributed by atoms with Crippen LogP contribution in [-0.4, -0.2) is 12.6 Å². The molecule has 92 valence electrons. The molecule has 0 aromatic heterocycles. The third kappa shape index (κ3) is 9.50. The van der Waals surface area contributed by atoms with E-state index in [0.717, 1.165) is 19.3 Å². The van der Waals surface area contributed by atoms with E-state index in [1.807, 2.05) is 0 Å². The van der Waals surface area contributed by atoms with Gasteiger partial charge in [-0.15, -0.1) is 0 Å². The lowest BCUT2D eigenvalue weighted by Crippen LogP contribution is -2.00. The zero-order valence-electron chi connectivity index (χ0n) is 10.8. The van der Waals surface area contributed by atoms with Gasteiger partial charge in [-0.3, -0.25) is 4.79 Å². The summed E-state index contributed by atoms with van der Waals surface area (Å²) in [6.45, 7) is 6.24. The summed E-state index contributed by atoms with van der Waals surface area (Å²) in [4.78, 5) is 10.6. The molecule has 0 saturated heterocycles. The van der Waals surface area contributed by atoms with Crippen molar-refractivity contribution in [2.75, 3.05) is 6.61 Å². The van der Waals surface area contributed by atoms with Crippen LogP contribution in [0.5, 0.6) is 0 Å². The summed E-state index contributed by atoms with van der Waals surface area (Å²) in [6.07, 6.45) is 12.0. The maximum atomic E-state index is 10.6. The molecule has 0 unspecified atom stereocenters. The third-order valence-electron chi connectivity index (χ3n) is 2.22. The number of hydrogen-bond acceptors (Lipinski definition) is 2. The second-order valence-electron chi connectivity index (χ2n) is 3.82. The topological polar surface area (TPSA) is 26.3 Å². The standard InChI is InChI=1S/C14H24O2/c1-4-6-7-8-10-14(9-5-2)11-12-16-13(3)15/h8-10H,4-7,11-12H2,1-3H3. The van der Waals surface area contributed by atoms with Crippen molar-refractivity contribution < 1.29 is 9.53 Å². The van der Waals surface area contributed by atoms with Crippen LogP contribution in [0.2, 0.25) is 0 Å². The highest BCUT2D eigenvalue weighted by Gasteiger charge is 1.95. The number of rotatable bonds is 8. The Balaban J connectivity index is 3.93. The molecule has 0 amide bonds. The predicted octanol–water partition coefficient (Wildman–Crippen LogP) is 4.02. The maximum absolute atomic E-state index is 10.6. The van der Waals surface area contributed by atoms with Crippen LogP contribution in [0.25, 0.3) is 0 Å². The van der Waals surface area contributed by atoms with Crippen LogP contribution in [0.3, 0.4) is 0 Å². The number of unbranched alkanes of at least 4 members (excludes halogenated alkanes) is 2. The van der Waals surface area contributed by atoms with Gasteiger partial charge >= 0.3 is 5.97 Å². The Hall–Kier alpha value is -1.05. The maximum Gasteiger partial charge on any atom is 0.302 e. The second kappa shape index (κ2) is 10.5. The van der Waals surface area contributed by atoms with Crippen LogP contribution in [0.4, 0.5) is 0 Å². The molecule has 0 radical (unpaired) electrons. The third-order valence-corrected chi connectivity index (χ3v) is 2.22. The monoisotopic (exact) mass is 224 g/mol. The smallest absolute Gasteiger partial charge is 0.302 e. The predicted molar refractivity (Wildman–Crippen MR) is 68.3 cm³/mol. The molecule has 0 aliphatic heterocycles. The minimum atomic E-state index is -0.203. The molecule has 0 fully saturated rings. The number of carbonyl (C=O) groups excluding carboxylic acids is 1. The lowest BCUT2D eigenvalue weighted by Gasteiger charge is -2.03. The van der Waals surface area contributed by atoms with Gasteiger partial charge in [0, 0.05) is 13.3 Å². The van der Waals surface area contributed by atoms with Crippen molar-refractivity contribution in [3.63, 3.8) is 0 Å². The van der Waals surface area contributed by atoms with Gasteiger partial charge in [-0.2, -0.15) is 0 Å². The first-order valence-electron chi connectivity index (χ1n) is 6.19. The minimum Gasteiger partial charge on any atom is -0.466 e. The van der Waals surface area contributed by atoms with Gasteiger partial charge in [0.2, 0.25) is 0 Å². The normalized spacial score (nSPS) is 12.1. The second-order valence-corrected chi connectivity index (χ2v) is 3.82. The molecule has 0 N–H and O–H groups in total. The molecule has 0 aromatic carbocycles. The van der Waals surface area contributed by atoms with Crippen molar-refractivity contribution in [2.45, 2.75) is 52.9 Å². The molecule has 0 aliphatic carbocycles. The number of ether oxygens (including phenoxy) is 1. The van der Waals surface area contributed by atoms with Gasteiger partial charge in [-0.05, 0) is 18.4 Å². The van der Waals surface area contributed by atoms with Gasteiger partial charge in [0.1, 0.15) is 0 Å². The highest BCUT2D eigenvalue weighted by atomic mass is 16.5. The SMILES string of the molecule is CCC=C(C=CCCCC)CCOC(C)=O. The Kier molecular flexibility index (Phi) is 9.78. The summed E-state index contributed by atoms with van der Waals surface area (Å²) in [6, 6.07) is 0. The molecule has 0 aromatic rings. The van der Waals surface area contributed by atoms with Crippen LogP contribution in [0, 0.1) is 0 Å². The van der Waals surface area contributed by atoms with Crippen LogP contribution >= 0.6 is 0 Å². The molecule has 2 heteroatoms. The first-order valence-corrected chi connectivity index (χ1v) is 6.19. The summed E-state index contributed by atoms with van der Waals surface area (Å²) in [7, 11) is 0. The van der Waals surface area contributed by atoms with Crippen molar-refractivity contribution in [1.82, 2.24) is 0 Å². The van der Waals surface area contributed by atoms with E-state index >= 15 is 0 Å². The van der Waals surface area contributed by atoms with Crippen LogP contribution in [0.1, 0.15) is 52.9 Å². The summed E-state index contributed by atoms with van der Waals surface area (Å²) in [5.41, 5.74) is 1.26. The highest BCUT2D eigenvalue weighted by molar-refractivity contribution is 5.65. The quantitative estimate of drug-likeness (QED) is 0.353. The Morgan fingerprint density at radius 1 is 1.31 bits per heavy atom. The van der Waals surface area contributed by atoms with E-state index in [2.05, 4.69) is 32.1 Å². The molecule has 0 saturated carbocycles. The fraction of sp³-hybridized carbons (Fsp3) is 0.643. The molecule has 0 atom stereocenters. The Labute approximate surface area is 99.4 Å². The largest absolute Gasteiger partial charge is 0.466 e. The number of allylic oxidation sites excluding steroid dienone is 3. The van der Waals surface area contributed by atoms with Crippen LogP contribution in [0.15, 0.2) is 23.8 Å². The van der Waals surface area contributed by atoms with Gasteiger partial charge in [0.05, 0.1) is 6.61 Å². The zero-order chi connectivity index (χ0) is 12.2. The Morgan fingerprint density at radius 2 is 2.06 bits per heavy atom. The van der Waals surface area contributed by atoms with E-state index in [0.29, 0.717) is 6.61 Å². The number of carbonyl (C=O) groups is 1. The average Bonchev–Trinajstić information content (AvgIpc) is 2.23. The molecule has 0 rings (SSSR count). The molecule has 16 heavy (non-hydrogen) atoms. The molecule has 0 bridgehead atoms. The Morgan fingerprint density at radius 3 is 2.62 bits per heavy atom. The van der Waals surface area contributed by atoms with E-state index in [9.17, 15) is 4.79 Å². The summed E-state index contributed by atoms with van der Waals surface area (Å²) < 4.78 is 4.93. The van der Waals surface area contributed by atoms with E-state index in [-0.39, 0.29) is 5.97 Å². The fourth-order valence-electron chi connectivity index (χ4n) is 1.38. The van der Waals surface area contributed by atoms with Crippen molar-refractivity contribution in [1.29, 1.82) is 0 Å². The zero-order valence-corrected chi connectivity index (χ0v) is 10.8. The van der Waals surface area contributed by atoms with Gasteiger partial charge in [-0.25, -0.2) is 0 Å². The van der Waals surface area contributed by atoms with Crippen LogP contribution < -0.4 is 0 Å². The average molecular weight is 224 g/mol. The lowest BCUT2D eigenvalue weighted by molar-refractivity contribution is -0.140. The first-order chi connectivity index (χ1) is 7.70. The van der Waals surface area contributed by atoms with E-state index in [1.165, 1.54) is 25.3 Å². The van der Waals surface area contributed by atoms with Crippen molar-refractivity contribution in [3.05, 3.63) is 23.8 Å². The summed E-state index contributed by atoms with van der Waals surface area (Å²) in [5, 5.41) is 0. The summed E-state index contributed by atoms with van der Waals surface area (Å²) >= 11 is 0. The van der Waals surface area contributed by atoms with Crippen molar-refractivity contribution >= 4 is 5.97 Å². The fourth-order valence-corrected chi connectivity index (χ4v) is 1.38. The lowest BCUT2D eigenvalue weighted by atomic mass is 10.1. The van der Waals surface area contributed by atoms with Gasteiger partial charge in [-0.1, -0.05) is 44.9 Å². The van der Waals surface area contributed by atoms with Gasteiger partial charge < -0.3 is 4.74 Å². The minimum absolute atomic E-state index is 0.203. The molecule has 0 spiro atoms. The van der Waals surface area contributed by atoms with E-state index in [1.54, 1.807) is 0 Å². The molecule has 2 nitrogen and oxygen atoms in total. The summed E-state index contributed by atoms with van der Waals surface area (Å²) in [5.74, 6) is -0.203. The van der Waals surface area contributed by atoms with E-state index in [4.69, 9.17) is 4.74 Å². The van der Waals surface area contributed by atoms with Crippen molar-refractivity contribution in [2.24, 2.45) is 0 Å². The Bertz CT molecular complexity index is 239. The molecule has 0 aliphatic rings. The van der Waals surface area contributed by atoms with Gasteiger partial charge in [0.15, 0.2) is 0 Å².